The Hall–Kier alpha value is -0.470. The maximum atomic E-state index is 4.91. The second-order valence-corrected chi connectivity index (χ2v) is 7.88. The van der Waals surface area contributed by atoms with Gasteiger partial charge in [0.05, 0.1) is 0 Å². The minimum Gasteiger partial charge on any atom is -0.333 e. The highest BCUT2D eigenvalue weighted by molar-refractivity contribution is 7.81. The van der Waals surface area contributed by atoms with Gasteiger partial charge in [0.25, 0.3) is 0 Å². The number of hydrogen-bond acceptors (Lipinski definition) is 2. The summed E-state index contributed by atoms with van der Waals surface area (Å²) in [7, 11) is 1.50. The summed E-state index contributed by atoms with van der Waals surface area (Å²) in [5.74, 6) is 2.72. The molecule has 0 saturated heterocycles. The Kier molecular flexibility index (Phi) is 4.38. The maximum absolute atomic E-state index is 4.91. The van der Waals surface area contributed by atoms with Gasteiger partial charge in [-0.2, -0.15) is 12.6 Å². The molecule has 0 radical (unpaired) electrons. The lowest BCUT2D eigenvalue weighted by Gasteiger charge is -2.50. The molecule has 3 aliphatic carbocycles. The van der Waals surface area contributed by atoms with E-state index in [4.69, 9.17) is 12.6 Å². The molecule has 0 spiro atoms. The van der Waals surface area contributed by atoms with Crippen molar-refractivity contribution >= 4 is 12.6 Å². The van der Waals surface area contributed by atoms with E-state index in [1.807, 2.05) is 0 Å². The number of nitrogens with two attached hydrogens (primary N) is 1. The molecule has 0 heterocycles. The van der Waals surface area contributed by atoms with Gasteiger partial charge in [0.15, 0.2) is 0 Å². The van der Waals surface area contributed by atoms with Crippen molar-refractivity contribution in [2.24, 2.45) is 23.0 Å². The fourth-order valence-corrected chi connectivity index (χ4v) is 5.96. The quantitative estimate of drug-likeness (QED) is 0.682. The molecule has 21 heavy (non-hydrogen) atoms. The van der Waals surface area contributed by atoms with Crippen molar-refractivity contribution in [2.75, 3.05) is 7.05 Å². The fourth-order valence-electron chi connectivity index (χ4n) is 5.49. The highest BCUT2D eigenvalue weighted by Crippen LogP contribution is 2.61. The van der Waals surface area contributed by atoms with Crippen LogP contribution < -0.4 is 5.73 Å². The van der Waals surface area contributed by atoms with E-state index >= 15 is 0 Å². The topological polar surface area (TPSA) is 26.0 Å². The first kappa shape index (κ1) is 15.4. The van der Waals surface area contributed by atoms with Crippen LogP contribution in [0.25, 0.3) is 0 Å². The smallest absolute Gasteiger partial charge is 0.00735 e. The van der Waals surface area contributed by atoms with Gasteiger partial charge in [-0.15, -0.1) is 0 Å². The first-order valence-electron chi connectivity index (χ1n) is 8.54. The second-order valence-electron chi connectivity index (χ2n) is 7.25. The van der Waals surface area contributed by atoms with Crippen molar-refractivity contribution in [3.8, 4) is 0 Å². The molecule has 2 heteroatoms. The minimum atomic E-state index is 0.524. The molecule has 1 aromatic rings. The number of hydrogen-bond donors (Lipinski definition) is 2. The predicted octanol–water partition coefficient (Wildman–Crippen LogP) is 4.42. The van der Waals surface area contributed by atoms with Gasteiger partial charge in [-0.05, 0) is 79.9 Å². The van der Waals surface area contributed by atoms with Crippen LogP contribution in [-0.2, 0) is 6.42 Å². The average Bonchev–Trinajstić information content (AvgIpc) is 2.85. The molecular weight excluding hydrogens is 274 g/mol. The van der Waals surface area contributed by atoms with Gasteiger partial charge in [-0.3, -0.25) is 0 Å². The van der Waals surface area contributed by atoms with Crippen LogP contribution in [0, 0.1) is 17.3 Å². The zero-order valence-electron chi connectivity index (χ0n) is 13.4. The third-order valence-electron chi connectivity index (χ3n) is 6.59. The van der Waals surface area contributed by atoms with Crippen molar-refractivity contribution < 1.29 is 0 Å². The molecule has 2 saturated carbocycles. The zero-order chi connectivity index (χ0) is 15.0. The number of rotatable bonds is 0. The Morgan fingerprint density at radius 1 is 1.10 bits per heavy atom. The second kappa shape index (κ2) is 5.96. The summed E-state index contributed by atoms with van der Waals surface area (Å²) >= 11 is 4.91. The van der Waals surface area contributed by atoms with Gasteiger partial charge in [-0.1, -0.05) is 31.2 Å². The van der Waals surface area contributed by atoms with Crippen molar-refractivity contribution in [3.63, 3.8) is 0 Å². The average molecular weight is 304 g/mol. The summed E-state index contributed by atoms with van der Waals surface area (Å²) in [5, 5.41) is 0.649. The summed E-state index contributed by atoms with van der Waals surface area (Å²) in [4.78, 5) is 0. The number of benzene rings is 1. The first-order valence-corrected chi connectivity index (χ1v) is 9.05. The van der Waals surface area contributed by atoms with Crippen molar-refractivity contribution in [1.82, 2.24) is 0 Å². The summed E-state index contributed by atoms with van der Waals surface area (Å²) in [6, 6.07) is 9.22. The predicted molar refractivity (Wildman–Crippen MR) is 93.9 cm³/mol. The van der Waals surface area contributed by atoms with E-state index in [1.165, 1.54) is 45.6 Å². The van der Waals surface area contributed by atoms with Gasteiger partial charge in [0, 0.05) is 5.25 Å². The molecular formula is C19H29NS. The highest BCUT2D eigenvalue weighted by atomic mass is 32.1. The summed E-state index contributed by atoms with van der Waals surface area (Å²) in [6.45, 7) is 2.53. The Morgan fingerprint density at radius 2 is 1.86 bits per heavy atom. The molecule has 2 fully saturated rings. The lowest BCUT2D eigenvalue weighted by atomic mass is 9.56. The van der Waals surface area contributed by atoms with Crippen LogP contribution in [0.2, 0.25) is 0 Å². The van der Waals surface area contributed by atoms with Crippen molar-refractivity contribution in [3.05, 3.63) is 35.4 Å². The van der Waals surface area contributed by atoms with Crippen LogP contribution in [0.15, 0.2) is 24.3 Å². The van der Waals surface area contributed by atoms with Crippen LogP contribution in [0.3, 0.4) is 0 Å². The number of aryl methyl sites for hydroxylation is 1. The SMILES string of the molecule is CC12CCC3c4ccccc4CCC3C1CCC2S.CN. The van der Waals surface area contributed by atoms with Crippen LogP contribution in [0.4, 0.5) is 0 Å². The largest absolute Gasteiger partial charge is 0.333 e. The molecule has 1 nitrogen and oxygen atoms in total. The van der Waals surface area contributed by atoms with Crippen LogP contribution in [0.5, 0.6) is 0 Å². The number of thiol groups is 1. The first-order chi connectivity index (χ1) is 10.2. The summed E-state index contributed by atoms with van der Waals surface area (Å²) in [6.07, 6.45) is 8.28. The van der Waals surface area contributed by atoms with Crippen LogP contribution in [-0.4, -0.2) is 12.3 Å². The highest BCUT2D eigenvalue weighted by Gasteiger charge is 2.53. The van der Waals surface area contributed by atoms with E-state index in [-0.39, 0.29) is 0 Å². The molecule has 3 aliphatic rings. The Labute approximate surface area is 135 Å². The molecule has 1 aromatic carbocycles. The normalized spacial score (nSPS) is 40.4. The van der Waals surface area contributed by atoms with Crippen molar-refractivity contribution in [1.29, 1.82) is 0 Å². The fraction of sp³-hybridized carbons (Fsp3) is 0.684. The number of fused-ring (bicyclic) bond motifs is 5. The molecule has 0 aliphatic heterocycles. The van der Waals surface area contributed by atoms with E-state index in [0.29, 0.717) is 10.7 Å². The standard InChI is InChI=1S/C18H24S.CH5N/c1-18-11-10-14-13-5-3-2-4-12(13)6-7-15(14)16(18)8-9-17(18)19;1-2/h2-5,14-17,19H,6-11H2,1H3;2H2,1H3. The third-order valence-corrected chi connectivity index (χ3v) is 7.44. The van der Waals surface area contributed by atoms with E-state index in [9.17, 15) is 0 Å². The lowest BCUT2D eigenvalue weighted by Crippen LogP contribution is -2.42. The molecule has 116 valence electrons. The molecule has 0 aromatic heterocycles. The molecule has 0 amide bonds. The molecule has 5 atom stereocenters. The monoisotopic (exact) mass is 303 g/mol. The minimum absolute atomic E-state index is 0.524. The van der Waals surface area contributed by atoms with Gasteiger partial charge >= 0.3 is 0 Å². The van der Waals surface area contributed by atoms with Crippen LogP contribution in [0.1, 0.15) is 56.1 Å². The maximum Gasteiger partial charge on any atom is 0.00735 e. The van der Waals surface area contributed by atoms with E-state index < -0.39 is 0 Å². The summed E-state index contributed by atoms with van der Waals surface area (Å²) < 4.78 is 0. The van der Waals surface area contributed by atoms with Crippen LogP contribution >= 0.6 is 12.6 Å². The van der Waals surface area contributed by atoms with E-state index in [1.54, 1.807) is 11.1 Å². The van der Waals surface area contributed by atoms with Gasteiger partial charge in [0.1, 0.15) is 0 Å². The Morgan fingerprint density at radius 3 is 2.67 bits per heavy atom. The van der Waals surface area contributed by atoms with Gasteiger partial charge in [0.2, 0.25) is 0 Å². The van der Waals surface area contributed by atoms with E-state index in [0.717, 1.165) is 17.8 Å². The Bertz CT molecular complexity index is 500. The van der Waals surface area contributed by atoms with Crippen molar-refractivity contribution in [2.45, 2.75) is 56.6 Å². The summed E-state index contributed by atoms with van der Waals surface area (Å²) in [5.41, 5.74) is 8.34. The molecule has 4 rings (SSSR count). The van der Waals surface area contributed by atoms with Gasteiger partial charge in [-0.25, -0.2) is 0 Å². The zero-order valence-corrected chi connectivity index (χ0v) is 14.3. The van der Waals surface area contributed by atoms with Gasteiger partial charge < -0.3 is 5.73 Å². The molecule has 5 unspecified atom stereocenters. The van der Waals surface area contributed by atoms with E-state index in [2.05, 4.69) is 36.9 Å². The Balaban J connectivity index is 0.000000636. The third kappa shape index (κ3) is 2.35. The lowest BCUT2D eigenvalue weighted by molar-refractivity contribution is 0.0634. The molecule has 2 N–H and O–H groups in total. The molecule has 0 bridgehead atoms.